The molecule has 0 radical (unpaired) electrons. The molecule has 1 fully saturated rings. The summed E-state index contributed by atoms with van der Waals surface area (Å²) in [5, 5.41) is 3.46. The van der Waals surface area contributed by atoms with E-state index in [2.05, 4.69) is 5.32 Å². The lowest BCUT2D eigenvalue weighted by molar-refractivity contribution is 0.0693. The maximum atomic E-state index is 13.7. The number of likely N-dealkylation sites (tertiary alicyclic amines) is 1. The molecule has 1 unspecified atom stereocenters. The number of piperidine rings is 1. The average Bonchev–Trinajstić information content (AvgIpc) is 2.38. The van der Waals surface area contributed by atoms with Crippen LogP contribution in [0.4, 0.5) is 4.39 Å². The molecule has 0 aliphatic carbocycles. The van der Waals surface area contributed by atoms with Crippen LogP contribution in [0.25, 0.3) is 0 Å². The van der Waals surface area contributed by atoms with E-state index in [1.165, 1.54) is 18.2 Å². The van der Waals surface area contributed by atoms with E-state index in [0.29, 0.717) is 18.1 Å². The van der Waals surface area contributed by atoms with Gasteiger partial charge in [-0.2, -0.15) is 0 Å². The Balaban J connectivity index is 2.15. The van der Waals surface area contributed by atoms with Crippen molar-refractivity contribution >= 4 is 17.5 Å². The van der Waals surface area contributed by atoms with E-state index < -0.39 is 5.82 Å². The number of carbonyl (C=O) groups excluding carboxylic acids is 1. The molecule has 1 saturated heterocycles. The van der Waals surface area contributed by atoms with E-state index >= 15 is 0 Å². The highest BCUT2D eigenvalue weighted by atomic mass is 35.5. The SMILES string of the molecule is CNC1CCCN(C(=O)c2ccc(Cl)cc2F)C1. The molecule has 1 aromatic carbocycles. The largest absolute Gasteiger partial charge is 0.337 e. The summed E-state index contributed by atoms with van der Waals surface area (Å²) >= 11 is 5.68. The second kappa shape index (κ2) is 5.67. The molecule has 3 nitrogen and oxygen atoms in total. The van der Waals surface area contributed by atoms with Crippen molar-refractivity contribution in [2.24, 2.45) is 0 Å². The number of carbonyl (C=O) groups is 1. The Morgan fingerprint density at radius 3 is 3.00 bits per heavy atom. The minimum Gasteiger partial charge on any atom is -0.337 e. The van der Waals surface area contributed by atoms with E-state index in [-0.39, 0.29) is 17.5 Å². The van der Waals surface area contributed by atoms with Crippen molar-refractivity contribution in [1.29, 1.82) is 0 Å². The normalized spacial score (nSPS) is 19.9. The Morgan fingerprint density at radius 1 is 1.56 bits per heavy atom. The number of halogens is 2. The van der Waals surface area contributed by atoms with E-state index in [0.717, 1.165) is 12.8 Å². The van der Waals surface area contributed by atoms with Gasteiger partial charge in [0.05, 0.1) is 5.56 Å². The van der Waals surface area contributed by atoms with Crippen LogP contribution in [-0.4, -0.2) is 37.0 Å². The molecule has 1 aromatic rings. The summed E-state index contributed by atoms with van der Waals surface area (Å²) in [4.78, 5) is 13.9. The minimum absolute atomic E-state index is 0.0937. The number of nitrogens with zero attached hydrogens (tertiary/aromatic N) is 1. The maximum Gasteiger partial charge on any atom is 0.256 e. The van der Waals surface area contributed by atoms with Gasteiger partial charge in [-0.15, -0.1) is 0 Å². The van der Waals surface area contributed by atoms with Crippen LogP contribution in [0.2, 0.25) is 5.02 Å². The number of amides is 1. The Bertz CT molecular complexity index is 453. The highest BCUT2D eigenvalue weighted by molar-refractivity contribution is 6.30. The molecule has 18 heavy (non-hydrogen) atoms. The number of benzene rings is 1. The van der Waals surface area contributed by atoms with Crippen LogP contribution in [0.1, 0.15) is 23.2 Å². The number of nitrogens with one attached hydrogen (secondary N) is 1. The van der Waals surface area contributed by atoms with Crippen LogP contribution < -0.4 is 5.32 Å². The molecule has 2 rings (SSSR count). The Hall–Kier alpha value is -1.13. The summed E-state index contributed by atoms with van der Waals surface area (Å²) in [6.07, 6.45) is 1.98. The zero-order valence-electron chi connectivity index (χ0n) is 10.2. The summed E-state index contributed by atoms with van der Waals surface area (Å²) in [7, 11) is 1.88. The predicted molar refractivity (Wildman–Crippen MR) is 69.4 cm³/mol. The molecule has 1 aliphatic rings. The Labute approximate surface area is 111 Å². The molecule has 0 spiro atoms. The first-order chi connectivity index (χ1) is 8.61. The topological polar surface area (TPSA) is 32.3 Å². The van der Waals surface area contributed by atoms with Crippen molar-refractivity contribution in [1.82, 2.24) is 10.2 Å². The second-order valence-corrected chi connectivity index (χ2v) is 4.94. The Kier molecular flexibility index (Phi) is 4.19. The summed E-state index contributed by atoms with van der Waals surface area (Å²) in [6, 6.07) is 4.45. The molecule has 1 aliphatic heterocycles. The van der Waals surface area contributed by atoms with E-state index in [1.807, 2.05) is 7.05 Å². The molecule has 1 atom stereocenters. The lowest BCUT2D eigenvalue weighted by atomic mass is 10.0. The van der Waals surface area contributed by atoms with Crippen LogP contribution in [-0.2, 0) is 0 Å². The first kappa shape index (κ1) is 13.3. The molecule has 1 amide bonds. The lowest BCUT2D eigenvalue weighted by Gasteiger charge is -2.32. The van der Waals surface area contributed by atoms with Crippen molar-refractivity contribution in [3.63, 3.8) is 0 Å². The molecule has 5 heteroatoms. The van der Waals surface area contributed by atoms with Crippen molar-refractivity contribution in [2.45, 2.75) is 18.9 Å². The van der Waals surface area contributed by atoms with Crippen molar-refractivity contribution in [3.8, 4) is 0 Å². The first-order valence-electron chi connectivity index (χ1n) is 6.03. The molecule has 0 bridgehead atoms. The Morgan fingerprint density at radius 2 is 2.33 bits per heavy atom. The maximum absolute atomic E-state index is 13.7. The third-order valence-corrected chi connectivity index (χ3v) is 3.51. The van der Waals surface area contributed by atoms with Crippen LogP contribution in [0.15, 0.2) is 18.2 Å². The van der Waals surface area contributed by atoms with Gasteiger partial charge in [0.2, 0.25) is 0 Å². The summed E-state index contributed by atoms with van der Waals surface area (Å²) in [5.41, 5.74) is 0.0937. The third-order valence-electron chi connectivity index (χ3n) is 3.28. The van der Waals surface area contributed by atoms with Crippen LogP contribution in [0.3, 0.4) is 0 Å². The van der Waals surface area contributed by atoms with Gasteiger partial charge in [-0.25, -0.2) is 4.39 Å². The molecular formula is C13H16ClFN2O. The van der Waals surface area contributed by atoms with Gasteiger partial charge in [0, 0.05) is 24.2 Å². The van der Waals surface area contributed by atoms with Crippen LogP contribution >= 0.6 is 11.6 Å². The second-order valence-electron chi connectivity index (χ2n) is 4.50. The third kappa shape index (κ3) is 2.82. The van der Waals surface area contributed by atoms with Gasteiger partial charge < -0.3 is 10.2 Å². The van der Waals surface area contributed by atoms with Gasteiger partial charge in [0.15, 0.2) is 0 Å². The van der Waals surface area contributed by atoms with Gasteiger partial charge in [-0.1, -0.05) is 11.6 Å². The standard InChI is InChI=1S/C13H16ClFN2O/c1-16-10-3-2-6-17(8-10)13(18)11-5-4-9(14)7-12(11)15/h4-5,7,10,16H,2-3,6,8H2,1H3. The fourth-order valence-electron chi connectivity index (χ4n) is 2.23. The lowest BCUT2D eigenvalue weighted by Crippen LogP contribution is -2.47. The molecule has 98 valence electrons. The highest BCUT2D eigenvalue weighted by Crippen LogP contribution is 2.18. The van der Waals surface area contributed by atoms with Crippen LogP contribution in [0.5, 0.6) is 0 Å². The van der Waals surface area contributed by atoms with Crippen molar-refractivity contribution < 1.29 is 9.18 Å². The molecule has 0 saturated carbocycles. The van der Waals surface area contributed by atoms with Gasteiger partial charge in [0.25, 0.3) is 5.91 Å². The number of hydrogen-bond donors (Lipinski definition) is 1. The number of hydrogen-bond acceptors (Lipinski definition) is 2. The van der Waals surface area contributed by atoms with E-state index in [1.54, 1.807) is 4.90 Å². The van der Waals surface area contributed by atoms with Crippen molar-refractivity contribution in [3.05, 3.63) is 34.6 Å². The smallest absolute Gasteiger partial charge is 0.256 e. The van der Waals surface area contributed by atoms with Gasteiger partial charge in [0.1, 0.15) is 5.82 Å². The summed E-state index contributed by atoms with van der Waals surface area (Å²) in [5.74, 6) is -0.816. The van der Waals surface area contributed by atoms with E-state index in [9.17, 15) is 9.18 Å². The summed E-state index contributed by atoms with van der Waals surface area (Å²) in [6.45, 7) is 1.30. The zero-order chi connectivity index (χ0) is 13.1. The molecule has 1 heterocycles. The van der Waals surface area contributed by atoms with Gasteiger partial charge in [-0.3, -0.25) is 4.79 Å². The van der Waals surface area contributed by atoms with Crippen molar-refractivity contribution in [2.75, 3.05) is 20.1 Å². The van der Waals surface area contributed by atoms with E-state index in [4.69, 9.17) is 11.6 Å². The minimum atomic E-state index is -0.556. The van der Waals surface area contributed by atoms with Gasteiger partial charge in [-0.05, 0) is 38.1 Å². The van der Waals surface area contributed by atoms with Crippen LogP contribution in [0, 0.1) is 5.82 Å². The quantitative estimate of drug-likeness (QED) is 0.894. The van der Waals surface area contributed by atoms with Gasteiger partial charge >= 0.3 is 0 Å². The first-order valence-corrected chi connectivity index (χ1v) is 6.41. The summed E-state index contributed by atoms with van der Waals surface area (Å²) < 4.78 is 13.7. The number of likely N-dealkylation sites (N-methyl/N-ethyl adjacent to an activating group) is 1. The molecular weight excluding hydrogens is 255 g/mol. The predicted octanol–water partition coefficient (Wildman–Crippen LogP) is 2.30. The highest BCUT2D eigenvalue weighted by Gasteiger charge is 2.25. The fraction of sp³-hybridized carbons (Fsp3) is 0.462. The number of rotatable bonds is 2. The molecule has 1 N–H and O–H groups in total. The fourth-order valence-corrected chi connectivity index (χ4v) is 2.39. The molecule has 0 aromatic heterocycles. The average molecular weight is 271 g/mol. The zero-order valence-corrected chi connectivity index (χ0v) is 11.0. The monoisotopic (exact) mass is 270 g/mol.